The highest BCUT2D eigenvalue weighted by Crippen LogP contribution is 2.31. The van der Waals surface area contributed by atoms with Crippen molar-refractivity contribution in [2.75, 3.05) is 11.9 Å². The minimum Gasteiger partial charge on any atom is -0.504 e. The van der Waals surface area contributed by atoms with E-state index in [1.807, 2.05) is 32.0 Å². The van der Waals surface area contributed by atoms with E-state index in [2.05, 4.69) is 22.4 Å². The van der Waals surface area contributed by atoms with Gasteiger partial charge in [-0.2, -0.15) is 5.10 Å². The minimum absolute atomic E-state index is 0.0563. The Bertz CT molecular complexity index is 922. The molecule has 0 fully saturated rings. The van der Waals surface area contributed by atoms with E-state index in [4.69, 9.17) is 4.74 Å². The molecule has 0 saturated carbocycles. The number of benzene rings is 2. The lowest BCUT2D eigenvalue weighted by Crippen LogP contribution is -2.24. The van der Waals surface area contributed by atoms with Gasteiger partial charge in [0.25, 0.3) is 0 Å². The Balaban J connectivity index is 1.97. The number of para-hydroxylation sites is 1. The average Bonchev–Trinajstić information content (AvgIpc) is 2.67. The van der Waals surface area contributed by atoms with Crippen molar-refractivity contribution in [2.24, 2.45) is 5.10 Å². The largest absolute Gasteiger partial charge is 0.504 e. The zero-order chi connectivity index (χ0) is 21.2. The van der Waals surface area contributed by atoms with Crippen LogP contribution in [-0.2, 0) is 16.0 Å². The van der Waals surface area contributed by atoms with Crippen molar-refractivity contribution in [3.63, 3.8) is 0 Å². The lowest BCUT2D eigenvalue weighted by Gasteiger charge is -2.10. The number of hydrogen-bond acceptors (Lipinski definition) is 5. The summed E-state index contributed by atoms with van der Waals surface area (Å²) in [4.78, 5) is 23.9. The number of allylic oxidation sites excluding steroid dienone is 1. The van der Waals surface area contributed by atoms with Crippen molar-refractivity contribution in [2.45, 2.75) is 26.7 Å². The van der Waals surface area contributed by atoms with Gasteiger partial charge in [0.1, 0.15) is 6.42 Å². The first-order chi connectivity index (χ1) is 13.9. The van der Waals surface area contributed by atoms with Crippen LogP contribution in [0.5, 0.6) is 11.5 Å². The van der Waals surface area contributed by atoms with Gasteiger partial charge in [-0.15, -0.1) is 6.58 Å². The minimum atomic E-state index is -0.539. The van der Waals surface area contributed by atoms with Gasteiger partial charge in [0, 0.05) is 11.3 Å². The van der Waals surface area contributed by atoms with Crippen LogP contribution in [0.3, 0.4) is 0 Å². The summed E-state index contributed by atoms with van der Waals surface area (Å²) in [6.45, 7) is 7.75. The topological polar surface area (TPSA) is 100 Å². The Morgan fingerprint density at radius 3 is 2.69 bits per heavy atom. The number of phenols is 1. The van der Waals surface area contributed by atoms with Crippen LogP contribution in [-0.4, -0.2) is 29.7 Å². The van der Waals surface area contributed by atoms with Gasteiger partial charge in [0.05, 0.1) is 12.8 Å². The molecule has 3 N–H and O–H groups in total. The molecule has 0 aliphatic rings. The van der Waals surface area contributed by atoms with Gasteiger partial charge in [0.2, 0.25) is 11.8 Å². The van der Waals surface area contributed by atoms with E-state index in [9.17, 15) is 14.7 Å². The molecular weight excluding hydrogens is 370 g/mol. The van der Waals surface area contributed by atoms with E-state index in [0.717, 1.165) is 5.56 Å². The molecule has 0 radical (unpaired) electrons. The van der Waals surface area contributed by atoms with Crippen molar-refractivity contribution in [1.29, 1.82) is 0 Å². The number of carbonyl (C=O) groups is 2. The predicted molar refractivity (Wildman–Crippen MR) is 113 cm³/mol. The highest BCUT2D eigenvalue weighted by Gasteiger charge is 2.11. The van der Waals surface area contributed by atoms with Crippen molar-refractivity contribution in [3.8, 4) is 11.5 Å². The number of aryl methyl sites for hydroxylation is 1. The first-order valence-corrected chi connectivity index (χ1v) is 9.21. The number of nitrogens with zero attached hydrogens (tertiary/aromatic N) is 1. The zero-order valence-electron chi connectivity index (χ0n) is 16.6. The summed E-state index contributed by atoms with van der Waals surface area (Å²) < 4.78 is 5.42. The first-order valence-electron chi connectivity index (χ1n) is 9.21. The summed E-state index contributed by atoms with van der Waals surface area (Å²) in [6, 6.07) is 10.7. The van der Waals surface area contributed by atoms with Gasteiger partial charge >= 0.3 is 0 Å². The number of hydrazone groups is 1. The standard InChI is InChI=1S/C22H25N3O4/c1-4-8-17-11-16(12-19(22(17)28)29-5-2)14-23-25-21(27)13-20(26)24-18-10-7-6-9-15(18)3/h4,6-7,9-12,14,28H,1,5,8,13H2,2-3H3,(H,24,26)(H,25,27)/b23-14+. The molecule has 0 unspecified atom stereocenters. The number of nitrogens with one attached hydrogen (secondary N) is 2. The SMILES string of the molecule is C=CCc1cc(/C=N/NC(=O)CC(=O)Nc2ccccc2C)cc(OCC)c1O. The maximum Gasteiger partial charge on any atom is 0.249 e. The number of phenolic OH excluding ortho intramolecular Hbond substituents is 1. The molecule has 0 atom stereocenters. The Morgan fingerprint density at radius 2 is 2.00 bits per heavy atom. The molecule has 29 heavy (non-hydrogen) atoms. The van der Waals surface area contributed by atoms with E-state index < -0.39 is 11.8 Å². The van der Waals surface area contributed by atoms with Crippen molar-refractivity contribution < 1.29 is 19.4 Å². The molecule has 152 valence electrons. The molecule has 0 aliphatic carbocycles. The average molecular weight is 395 g/mol. The summed E-state index contributed by atoms with van der Waals surface area (Å²) in [5, 5.41) is 16.8. The molecule has 0 spiro atoms. The Kier molecular flexibility index (Phi) is 7.97. The number of aromatic hydroxyl groups is 1. The Morgan fingerprint density at radius 1 is 1.24 bits per heavy atom. The van der Waals surface area contributed by atoms with Crippen LogP contribution in [0, 0.1) is 6.92 Å². The van der Waals surface area contributed by atoms with Crippen LogP contribution in [0.15, 0.2) is 54.2 Å². The molecule has 0 heterocycles. The number of hydrogen-bond donors (Lipinski definition) is 3. The van der Waals surface area contributed by atoms with Crippen LogP contribution in [0.1, 0.15) is 30.0 Å². The summed E-state index contributed by atoms with van der Waals surface area (Å²) >= 11 is 0. The molecule has 7 nitrogen and oxygen atoms in total. The molecule has 0 saturated heterocycles. The number of anilines is 1. The predicted octanol–water partition coefficient (Wildman–Crippen LogP) is 3.31. The highest BCUT2D eigenvalue weighted by atomic mass is 16.5. The Labute approximate surface area is 170 Å². The number of rotatable bonds is 9. The fourth-order valence-corrected chi connectivity index (χ4v) is 2.61. The van der Waals surface area contributed by atoms with E-state index in [1.165, 1.54) is 6.21 Å². The van der Waals surface area contributed by atoms with Gasteiger partial charge in [0.15, 0.2) is 11.5 Å². The van der Waals surface area contributed by atoms with Crippen molar-refractivity contribution >= 4 is 23.7 Å². The summed E-state index contributed by atoms with van der Waals surface area (Å²) in [5.41, 5.74) is 5.17. The number of amides is 2. The second kappa shape index (κ2) is 10.7. The van der Waals surface area contributed by atoms with Gasteiger partial charge in [-0.05, 0) is 49.6 Å². The fraction of sp³-hybridized carbons (Fsp3) is 0.227. The maximum absolute atomic E-state index is 12.0. The number of carbonyl (C=O) groups excluding carboxylic acids is 2. The van der Waals surface area contributed by atoms with E-state index in [1.54, 1.807) is 24.3 Å². The second-order valence-corrected chi connectivity index (χ2v) is 6.29. The van der Waals surface area contributed by atoms with Crippen molar-refractivity contribution in [1.82, 2.24) is 5.43 Å². The molecule has 2 rings (SSSR count). The van der Waals surface area contributed by atoms with Gasteiger partial charge < -0.3 is 15.2 Å². The first kappa shape index (κ1) is 21.7. The fourth-order valence-electron chi connectivity index (χ4n) is 2.61. The van der Waals surface area contributed by atoms with E-state index in [-0.39, 0.29) is 12.2 Å². The lowest BCUT2D eigenvalue weighted by atomic mass is 10.1. The molecule has 2 aromatic carbocycles. The molecule has 2 aromatic rings. The molecule has 0 bridgehead atoms. The monoisotopic (exact) mass is 395 g/mol. The van der Waals surface area contributed by atoms with E-state index in [0.29, 0.717) is 35.6 Å². The highest BCUT2D eigenvalue weighted by molar-refractivity contribution is 6.04. The number of ether oxygens (including phenoxy) is 1. The van der Waals surface area contributed by atoms with Gasteiger partial charge in [-0.25, -0.2) is 5.43 Å². The zero-order valence-corrected chi connectivity index (χ0v) is 16.6. The maximum atomic E-state index is 12.0. The molecule has 2 amide bonds. The van der Waals surface area contributed by atoms with Crippen LogP contribution in [0.2, 0.25) is 0 Å². The third kappa shape index (κ3) is 6.49. The smallest absolute Gasteiger partial charge is 0.249 e. The lowest BCUT2D eigenvalue weighted by molar-refractivity contribution is -0.126. The molecule has 0 aromatic heterocycles. The van der Waals surface area contributed by atoms with E-state index >= 15 is 0 Å². The Hall–Kier alpha value is -3.61. The van der Waals surface area contributed by atoms with Crippen LogP contribution in [0.25, 0.3) is 0 Å². The van der Waals surface area contributed by atoms with Crippen molar-refractivity contribution in [3.05, 3.63) is 65.7 Å². The summed E-state index contributed by atoms with van der Waals surface area (Å²) in [6.07, 6.45) is 3.19. The second-order valence-electron chi connectivity index (χ2n) is 6.29. The normalized spacial score (nSPS) is 10.6. The van der Waals surface area contributed by atoms with Gasteiger partial charge in [-0.3, -0.25) is 9.59 Å². The van der Waals surface area contributed by atoms with Crippen LogP contribution >= 0.6 is 0 Å². The molecule has 7 heteroatoms. The van der Waals surface area contributed by atoms with Gasteiger partial charge in [-0.1, -0.05) is 24.3 Å². The summed E-state index contributed by atoms with van der Waals surface area (Å²) in [5.74, 6) is -0.580. The van der Waals surface area contributed by atoms with Crippen LogP contribution in [0.4, 0.5) is 5.69 Å². The molecular formula is C22H25N3O4. The van der Waals surface area contributed by atoms with Crippen LogP contribution < -0.4 is 15.5 Å². The summed E-state index contributed by atoms with van der Waals surface area (Å²) in [7, 11) is 0. The quantitative estimate of drug-likeness (QED) is 0.262. The molecule has 0 aliphatic heterocycles. The third-order valence-corrected chi connectivity index (χ3v) is 3.98. The third-order valence-electron chi connectivity index (χ3n) is 3.98.